The molecule has 5 aliphatic rings. The minimum absolute atomic E-state index is 0. The van der Waals surface area contributed by atoms with Crippen molar-refractivity contribution in [3.05, 3.63) is 65.2 Å². The summed E-state index contributed by atoms with van der Waals surface area (Å²) < 4.78 is 12.1. The molecule has 2 aromatic carbocycles. The van der Waals surface area contributed by atoms with Gasteiger partial charge in [-0.3, -0.25) is 24.6 Å². The van der Waals surface area contributed by atoms with E-state index >= 15 is 0 Å². The van der Waals surface area contributed by atoms with E-state index in [0.717, 1.165) is 80.3 Å². The van der Waals surface area contributed by atoms with Gasteiger partial charge in [-0.25, -0.2) is 4.98 Å². The van der Waals surface area contributed by atoms with Crippen molar-refractivity contribution >= 4 is 34.4 Å². The van der Waals surface area contributed by atoms with Gasteiger partial charge in [0, 0.05) is 58.1 Å². The number of amides is 3. The fraction of sp³-hybridized carbons (Fsp3) is 0.455. The summed E-state index contributed by atoms with van der Waals surface area (Å²) in [4.78, 5) is 48.3. The molecule has 10 heteroatoms. The lowest BCUT2D eigenvalue weighted by atomic mass is 9.84. The summed E-state index contributed by atoms with van der Waals surface area (Å²) in [6.45, 7) is 5.67. The first-order valence-electron chi connectivity index (χ1n) is 15.4. The molecule has 3 atom stereocenters. The largest absolute Gasteiger partial charge is 0.489 e. The first-order valence-corrected chi connectivity index (χ1v) is 15.4. The number of hydrogen-bond donors (Lipinski definition) is 1. The molecule has 43 heavy (non-hydrogen) atoms. The summed E-state index contributed by atoms with van der Waals surface area (Å²) in [6.07, 6.45) is 3.86. The molecule has 3 amide bonds. The van der Waals surface area contributed by atoms with E-state index in [1.54, 1.807) is 11.0 Å². The number of nitrogens with one attached hydrogen (secondary N) is 1. The summed E-state index contributed by atoms with van der Waals surface area (Å²) in [5.74, 6) is 0.943. The Morgan fingerprint density at radius 2 is 1.98 bits per heavy atom. The molecule has 3 aromatic rings. The quantitative estimate of drug-likeness (QED) is 0.441. The van der Waals surface area contributed by atoms with Gasteiger partial charge in [0.15, 0.2) is 0 Å². The van der Waals surface area contributed by atoms with Crippen LogP contribution in [0.15, 0.2) is 48.5 Å². The number of carbonyl (C=O) groups is 3. The molecule has 4 saturated heterocycles. The zero-order chi connectivity index (χ0) is 29.1. The van der Waals surface area contributed by atoms with Gasteiger partial charge in [0.25, 0.3) is 5.91 Å². The lowest BCUT2D eigenvalue weighted by molar-refractivity contribution is -0.136. The normalized spacial score (nSPS) is 27.2. The maximum atomic E-state index is 13.0. The second kappa shape index (κ2) is 10.3. The Labute approximate surface area is 251 Å². The smallest absolute Gasteiger partial charge is 0.255 e. The molecule has 0 aliphatic carbocycles. The third-order valence-corrected chi connectivity index (χ3v) is 9.90. The van der Waals surface area contributed by atoms with Crippen LogP contribution in [0.3, 0.4) is 0 Å². The van der Waals surface area contributed by atoms with Crippen LogP contribution in [0, 0.1) is 0 Å². The van der Waals surface area contributed by atoms with Gasteiger partial charge in [-0.2, -0.15) is 0 Å². The molecule has 0 saturated carbocycles. The van der Waals surface area contributed by atoms with Crippen LogP contribution in [0.1, 0.15) is 55.0 Å². The number of rotatable bonds is 6. The molecule has 224 valence electrons. The van der Waals surface area contributed by atoms with Gasteiger partial charge in [0.05, 0.1) is 17.7 Å². The van der Waals surface area contributed by atoms with E-state index in [4.69, 9.17) is 14.5 Å². The van der Waals surface area contributed by atoms with Gasteiger partial charge in [0.2, 0.25) is 11.8 Å². The van der Waals surface area contributed by atoms with Crippen LogP contribution in [0.5, 0.6) is 5.75 Å². The van der Waals surface area contributed by atoms with Crippen molar-refractivity contribution in [2.45, 2.75) is 62.9 Å². The first-order chi connectivity index (χ1) is 20.9. The second-order valence-electron chi connectivity index (χ2n) is 12.6. The number of ether oxygens (including phenoxy) is 2. The number of likely N-dealkylation sites (tertiary alicyclic amines) is 1. The number of pyridine rings is 1. The highest BCUT2D eigenvalue weighted by Gasteiger charge is 2.48. The van der Waals surface area contributed by atoms with Crippen LogP contribution in [0.25, 0.3) is 10.9 Å². The van der Waals surface area contributed by atoms with Crippen molar-refractivity contribution in [3.8, 4) is 5.75 Å². The summed E-state index contributed by atoms with van der Waals surface area (Å²) in [6, 6.07) is 15.9. The van der Waals surface area contributed by atoms with E-state index in [1.165, 1.54) is 12.0 Å². The van der Waals surface area contributed by atoms with Crippen molar-refractivity contribution in [2.75, 3.05) is 37.7 Å². The minimum Gasteiger partial charge on any atom is -0.489 e. The number of nitrogens with zero attached hydrogens (tertiary/aromatic N) is 4. The van der Waals surface area contributed by atoms with E-state index in [1.807, 2.05) is 12.1 Å². The molecular formula is C33H37N5O5. The Bertz CT molecular complexity index is 1640. The predicted octanol–water partition coefficient (Wildman–Crippen LogP) is 3.26. The van der Waals surface area contributed by atoms with Gasteiger partial charge in [-0.1, -0.05) is 6.07 Å². The molecule has 0 bridgehead atoms. The average molecular weight is 584 g/mol. The fourth-order valence-corrected chi connectivity index (χ4v) is 7.43. The third kappa shape index (κ3) is 4.73. The molecule has 4 fully saturated rings. The number of imide groups is 1. The molecule has 5 aliphatic heterocycles. The molecule has 6 heterocycles. The van der Waals surface area contributed by atoms with Crippen molar-refractivity contribution in [2.24, 2.45) is 0 Å². The summed E-state index contributed by atoms with van der Waals surface area (Å²) >= 11 is 0. The Morgan fingerprint density at radius 1 is 1.05 bits per heavy atom. The standard InChI is InChI=1S/C33H35N5O5.H2/c39-30-8-6-28(31(40)35-30)37-18-23-16-24(3-4-26(23)32(37)41)43-25-9-12-36(19-25)17-21-1-5-27-22(15-21)2-7-29(34-27)38-13-10-33(38)11-14-42-20-33;/h1-5,7,15-16,25,28H,6,8-14,17-20H2,(H,35,39,40);1H/t25-,28?,33-;/m0./s1. The van der Waals surface area contributed by atoms with Crippen LogP contribution >= 0.6 is 0 Å². The topological polar surface area (TPSA) is 104 Å². The van der Waals surface area contributed by atoms with Crippen molar-refractivity contribution in [1.29, 1.82) is 0 Å². The van der Waals surface area contributed by atoms with Gasteiger partial charge in [-0.15, -0.1) is 0 Å². The Morgan fingerprint density at radius 3 is 2.79 bits per heavy atom. The van der Waals surface area contributed by atoms with Crippen LogP contribution in [-0.4, -0.2) is 83.0 Å². The van der Waals surface area contributed by atoms with Crippen LogP contribution in [0.2, 0.25) is 0 Å². The number of anilines is 1. The highest BCUT2D eigenvalue weighted by atomic mass is 16.5. The number of aromatic nitrogens is 1. The Balaban J connectivity index is 0.00000312. The zero-order valence-corrected chi connectivity index (χ0v) is 24.1. The molecule has 1 unspecified atom stereocenters. The lowest BCUT2D eigenvalue weighted by Gasteiger charge is -2.50. The minimum atomic E-state index is -0.613. The summed E-state index contributed by atoms with van der Waals surface area (Å²) in [5.41, 5.74) is 3.89. The average Bonchev–Trinajstić information content (AvgIpc) is 3.73. The van der Waals surface area contributed by atoms with E-state index in [9.17, 15) is 14.4 Å². The third-order valence-electron chi connectivity index (χ3n) is 9.90. The number of hydrogen-bond acceptors (Lipinski definition) is 8. The van der Waals surface area contributed by atoms with Gasteiger partial charge < -0.3 is 19.3 Å². The highest BCUT2D eigenvalue weighted by Crippen LogP contribution is 2.41. The molecule has 8 rings (SSSR count). The van der Waals surface area contributed by atoms with Crippen molar-refractivity contribution in [1.82, 2.24) is 20.1 Å². The monoisotopic (exact) mass is 583 g/mol. The van der Waals surface area contributed by atoms with Crippen LogP contribution in [0.4, 0.5) is 5.82 Å². The molecular weight excluding hydrogens is 546 g/mol. The molecule has 0 radical (unpaired) electrons. The van der Waals surface area contributed by atoms with E-state index in [-0.39, 0.29) is 31.3 Å². The lowest BCUT2D eigenvalue weighted by Crippen LogP contribution is -2.61. The van der Waals surface area contributed by atoms with Crippen molar-refractivity contribution in [3.63, 3.8) is 0 Å². The molecule has 1 spiro atoms. The SMILES string of the molecule is O=C1CCC(N2Cc3cc(O[C@H]4CCN(Cc5ccc6nc(N7CC[C@@]78CCOC8)ccc6c5)C4)ccc3C2=O)C(=O)N1.[HH]. The van der Waals surface area contributed by atoms with Gasteiger partial charge in [-0.05, 0) is 79.3 Å². The maximum absolute atomic E-state index is 13.0. The maximum Gasteiger partial charge on any atom is 0.255 e. The number of benzene rings is 2. The van der Waals surface area contributed by atoms with E-state index in [2.05, 4.69) is 45.4 Å². The number of carbonyl (C=O) groups excluding carboxylic acids is 3. The second-order valence-corrected chi connectivity index (χ2v) is 12.6. The van der Waals surface area contributed by atoms with E-state index < -0.39 is 11.9 Å². The Hall–Kier alpha value is -4.02. The number of fused-ring (bicyclic) bond motifs is 2. The van der Waals surface area contributed by atoms with Crippen LogP contribution in [-0.2, 0) is 27.4 Å². The fourth-order valence-electron chi connectivity index (χ4n) is 7.43. The zero-order valence-electron chi connectivity index (χ0n) is 24.1. The number of piperidine rings is 1. The molecule has 1 aromatic heterocycles. The van der Waals surface area contributed by atoms with Gasteiger partial charge >= 0.3 is 0 Å². The molecule has 1 N–H and O–H groups in total. The first kappa shape index (κ1) is 26.6. The van der Waals surface area contributed by atoms with E-state index in [0.29, 0.717) is 18.5 Å². The highest BCUT2D eigenvalue weighted by molar-refractivity contribution is 6.05. The predicted molar refractivity (Wildman–Crippen MR) is 161 cm³/mol. The summed E-state index contributed by atoms with van der Waals surface area (Å²) in [7, 11) is 0. The van der Waals surface area contributed by atoms with Crippen molar-refractivity contribution < 1.29 is 25.3 Å². The van der Waals surface area contributed by atoms with Crippen LogP contribution < -0.4 is 15.0 Å². The molecule has 10 nitrogen and oxygen atoms in total. The summed E-state index contributed by atoms with van der Waals surface area (Å²) in [5, 5.41) is 3.51. The Kier molecular flexibility index (Phi) is 6.38. The van der Waals surface area contributed by atoms with Gasteiger partial charge in [0.1, 0.15) is 23.7 Å².